The Morgan fingerprint density at radius 1 is 1.18 bits per heavy atom. The molecule has 7 nitrogen and oxygen atoms in total. The molecule has 0 radical (unpaired) electrons. The highest BCUT2D eigenvalue weighted by atomic mass is 16.2. The number of hydrogen-bond donors (Lipinski definition) is 1. The first-order chi connectivity index (χ1) is 13.6. The van der Waals surface area contributed by atoms with Crippen LogP contribution in [-0.2, 0) is 21.5 Å². The molecule has 1 saturated heterocycles. The van der Waals surface area contributed by atoms with Gasteiger partial charge in [-0.15, -0.1) is 0 Å². The summed E-state index contributed by atoms with van der Waals surface area (Å²) in [6.45, 7) is 2.29. The number of piperazine rings is 1. The summed E-state index contributed by atoms with van der Waals surface area (Å²) in [4.78, 5) is 35.4. The van der Waals surface area contributed by atoms with Crippen LogP contribution in [0.15, 0.2) is 53.9 Å². The zero-order valence-electron chi connectivity index (χ0n) is 15.4. The van der Waals surface area contributed by atoms with E-state index in [2.05, 4.69) is 21.1 Å². The third-order valence-electron chi connectivity index (χ3n) is 5.71. The van der Waals surface area contributed by atoms with Crippen LogP contribution in [0.5, 0.6) is 0 Å². The highest BCUT2D eigenvalue weighted by molar-refractivity contribution is 6.01. The molecule has 0 unspecified atom stereocenters. The number of nitrogens with one attached hydrogen (secondary N) is 1. The van der Waals surface area contributed by atoms with Gasteiger partial charge in [0, 0.05) is 29.8 Å². The van der Waals surface area contributed by atoms with Crippen molar-refractivity contribution in [1.82, 2.24) is 19.9 Å². The van der Waals surface area contributed by atoms with Crippen molar-refractivity contribution in [2.45, 2.75) is 18.9 Å². The quantitative estimate of drug-likeness (QED) is 0.698. The number of hydrazone groups is 1. The predicted molar refractivity (Wildman–Crippen MR) is 105 cm³/mol. The predicted octanol–water partition coefficient (Wildman–Crippen LogP) is 2.04. The number of amides is 2. The largest absolute Gasteiger partial charge is 0.356 e. The normalized spacial score (nSPS) is 22.0. The van der Waals surface area contributed by atoms with Gasteiger partial charge >= 0.3 is 0 Å². The standard InChI is InChI=1S/C21H19N5O2/c1-21-19-16(15-4-2-3-5-17(15)24-19)8-11-25(21)18(27)13-26(20(21)28)23-12-14-6-9-22-10-7-14/h2-7,9-10,12,24H,8,11,13H2,1H3/b23-12-/t21-/m1/s1. The molecular weight excluding hydrogens is 354 g/mol. The van der Waals surface area contributed by atoms with Crippen LogP contribution in [-0.4, -0.2) is 51.0 Å². The number of pyridine rings is 1. The van der Waals surface area contributed by atoms with Gasteiger partial charge in [0.25, 0.3) is 5.91 Å². The second kappa shape index (κ2) is 6.02. The molecule has 0 saturated carbocycles. The summed E-state index contributed by atoms with van der Waals surface area (Å²) >= 11 is 0. The fourth-order valence-electron chi connectivity index (χ4n) is 4.27. The van der Waals surface area contributed by atoms with Gasteiger partial charge in [0.1, 0.15) is 6.54 Å². The Balaban J connectivity index is 1.59. The summed E-state index contributed by atoms with van der Waals surface area (Å²) < 4.78 is 0. The van der Waals surface area contributed by atoms with Crippen LogP contribution in [0.2, 0.25) is 0 Å². The molecule has 140 valence electrons. The smallest absolute Gasteiger partial charge is 0.275 e. The monoisotopic (exact) mass is 373 g/mol. The molecule has 2 aliphatic heterocycles. The number of fused-ring (bicyclic) bond motifs is 5. The van der Waals surface area contributed by atoms with Crippen molar-refractivity contribution < 1.29 is 9.59 Å². The van der Waals surface area contributed by atoms with Crippen molar-refractivity contribution in [3.05, 3.63) is 65.6 Å². The number of aromatic nitrogens is 2. The fraction of sp³-hybridized carbons (Fsp3) is 0.238. The average molecular weight is 373 g/mol. The van der Waals surface area contributed by atoms with Gasteiger partial charge in [0.2, 0.25) is 5.91 Å². The van der Waals surface area contributed by atoms with Crippen LogP contribution >= 0.6 is 0 Å². The Labute approximate surface area is 161 Å². The van der Waals surface area contributed by atoms with Gasteiger partial charge in [-0.3, -0.25) is 14.6 Å². The molecular formula is C21H19N5O2. The molecule has 1 N–H and O–H groups in total. The highest BCUT2D eigenvalue weighted by Gasteiger charge is 2.54. The lowest BCUT2D eigenvalue weighted by Crippen LogP contribution is -2.65. The van der Waals surface area contributed by atoms with E-state index >= 15 is 0 Å². The van der Waals surface area contributed by atoms with Crippen LogP contribution in [0.4, 0.5) is 0 Å². The molecule has 3 aromatic rings. The molecule has 5 rings (SSSR count). The minimum absolute atomic E-state index is 0.0500. The maximum Gasteiger partial charge on any atom is 0.275 e. The van der Waals surface area contributed by atoms with E-state index in [9.17, 15) is 9.59 Å². The van der Waals surface area contributed by atoms with Crippen molar-refractivity contribution in [3.8, 4) is 0 Å². The van der Waals surface area contributed by atoms with Gasteiger partial charge in [-0.25, -0.2) is 5.01 Å². The summed E-state index contributed by atoms with van der Waals surface area (Å²) in [6, 6.07) is 11.6. The van der Waals surface area contributed by atoms with E-state index in [0.717, 1.165) is 34.1 Å². The van der Waals surface area contributed by atoms with Crippen molar-refractivity contribution >= 4 is 28.9 Å². The van der Waals surface area contributed by atoms with Crippen LogP contribution in [0, 0.1) is 0 Å². The van der Waals surface area contributed by atoms with Gasteiger partial charge in [-0.2, -0.15) is 5.10 Å². The second-order valence-corrected chi connectivity index (χ2v) is 7.28. The molecule has 0 spiro atoms. The molecule has 7 heteroatoms. The Morgan fingerprint density at radius 3 is 2.79 bits per heavy atom. The maximum atomic E-state index is 13.5. The third-order valence-corrected chi connectivity index (χ3v) is 5.71. The summed E-state index contributed by atoms with van der Waals surface area (Å²) in [5.74, 6) is -0.303. The molecule has 0 aliphatic carbocycles. The van der Waals surface area contributed by atoms with Gasteiger partial charge in [0.05, 0.1) is 11.9 Å². The van der Waals surface area contributed by atoms with Crippen LogP contribution in [0.1, 0.15) is 23.7 Å². The topological polar surface area (TPSA) is 81.7 Å². The third kappa shape index (κ3) is 2.29. The van der Waals surface area contributed by atoms with Crippen molar-refractivity contribution in [2.24, 2.45) is 5.10 Å². The Hall–Kier alpha value is -3.48. The maximum absolute atomic E-state index is 13.5. The highest BCUT2D eigenvalue weighted by Crippen LogP contribution is 2.41. The number of para-hydroxylation sites is 1. The fourth-order valence-corrected chi connectivity index (χ4v) is 4.27. The molecule has 2 aromatic heterocycles. The number of hydrogen-bond acceptors (Lipinski definition) is 4. The summed E-state index contributed by atoms with van der Waals surface area (Å²) in [7, 11) is 0. The first-order valence-corrected chi connectivity index (χ1v) is 9.25. The van der Waals surface area contributed by atoms with Crippen molar-refractivity contribution in [3.63, 3.8) is 0 Å². The zero-order valence-corrected chi connectivity index (χ0v) is 15.4. The number of aromatic amines is 1. The summed E-state index contributed by atoms with van der Waals surface area (Å²) in [6.07, 6.45) is 5.63. The van der Waals surface area contributed by atoms with Crippen molar-refractivity contribution in [1.29, 1.82) is 0 Å². The Bertz CT molecular complexity index is 1120. The second-order valence-electron chi connectivity index (χ2n) is 7.28. The number of carbonyl (C=O) groups excluding carboxylic acids is 2. The molecule has 2 aliphatic rings. The van der Waals surface area contributed by atoms with Crippen LogP contribution in [0.3, 0.4) is 0 Å². The summed E-state index contributed by atoms with van der Waals surface area (Å²) in [5.41, 5.74) is 2.61. The van der Waals surface area contributed by atoms with E-state index in [1.54, 1.807) is 35.6 Å². The molecule has 2 amide bonds. The Morgan fingerprint density at radius 2 is 1.96 bits per heavy atom. The lowest BCUT2D eigenvalue weighted by molar-refractivity contribution is -0.165. The number of benzene rings is 1. The van der Waals surface area contributed by atoms with Crippen LogP contribution in [0.25, 0.3) is 10.9 Å². The van der Waals surface area contributed by atoms with E-state index in [0.29, 0.717) is 6.54 Å². The van der Waals surface area contributed by atoms with E-state index in [1.165, 1.54) is 5.01 Å². The molecule has 28 heavy (non-hydrogen) atoms. The van der Waals surface area contributed by atoms with E-state index in [1.807, 2.05) is 25.1 Å². The van der Waals surface area contributed by atoms with Crippen molar-refractivity contribution in [2.75, 3.05) is 13.1 Å². The molecule has 1 aromatic carbocycles. The molecule has 0 bridgehead atoms. The lowest BCUT2D eigenvalue weighted by Gasteiger charge is -2.48. The van der Waals surface area contributed by atoms with E-state index < -0.39 is 5.54 Å². The SMILES string of the molecule is C[C@@]12C(=O)N(/N=C\c3ccncc3)CC(=O)N1CCc1c2[nH]c2ccccc12. The van der Waals surface area contributed by atoms with Gasteiger partial charge in [-0.05, 0) is 42.7 Å². The zero-order chi connectivity index (χ0) is 19.3. The number of rotatable bonds is 2. The molecule has 1 fully saturated rings. The minimum atomic E-state index is -1.09. The van der Waals surface area contributed by atoms with Gasteiger partial charge in [-0.1, -0.05) is 18.2 Å². The first-order valence-electron chi connectivity index (χ1n) is 9.25. The van der Waals surface area contributed by atoms with Gasteiger partial charge < -0.3 is 9.88 Å². The molecule has 4 heterocycles. The van der Waals surface area contributed by atoms with Gasteiger partial charge in [0.15, 0.2) is 5.54 Å². The van der Waals surface area contributed by atoms with Crippen LogP contribution < -0.4 is 0 Å². The lowest BCUT2D eigenvalue weighted by atomic mass is 9.83. The summed E-state index contributed by atoms with van der Waals surface area (Å²) in [5, 5.41) is 6.70. The number of H-pyrrole nitrogens is 1. The van der Waals surface area contributed by atoms with E-state index in [4.69, 9.17) is 0 Å². The number of carbonyl (C=O) groups is 2. The minimum Gasteiger partial charge on any atom is -0.356 e. The Kier molecular flexibility index (Phi) is 3.58. The first kappa shape index (κ1) is 16.7. The van der Waals surface area contributed by atoms with E-state index in [-0.39, 0.29) is 18.4 Å². The number of nitrogens with zero attached hydrogens (tertiary/aromatic N) is 4. The average Bonchev–Trinajstić information content (AvgIpc) is 3.11. The molecule has 1 atom stereocenters.